The molecule has 0 aliphatic heterocycles. The molecular formula is C12H19N. The van der Waals surface area contributed by atoms with E-state index in [9.17, 15) is 0 Å². The van der Waals surface area contributed by atoms with Crippen molar-refractivity contribution in [2.45, 2.75) is 39.7 Å². The molecule has 1 aromatic carbocycles. The summed E-state index contributed by atoms with van der Waals surface area (Å²) >= 11 is 0. The second-order valence-electron chi connectivity index (χ2n) is 3.65. The Bertz CT molecular complexity index is 255. The zero-order valence-corrected chi connectivity index (χ0v) is 8.80. The Balaban J connectivity index is 2.58. The van der Waals surface area contributed by atoms with Crippen molar-refractivity contribution in [1.82, 2.24) is 0 Å². The van der Waals surface area contributed by atoms with Crippen molar-refractivity contribution in [3.63, 3.8) is 0 Å². The average Bonchev–Trinajstić information content (AvgIpc) is 2.09. The topological polar surface area (TPSA) is 12.0 Å². The van der Waals surface area contributed by atoms with Crippen LogP contribution >= 0.6 is 0 Å². The van der Waals surface area contributed by atoms with Crippen LogP contribution in [0.5, 0.6) is 0 Å². The number of para-hydroxylation sites is 1. The standard InChI is InChI=1S/C12H19N/c1-4-7-11(3)13-12-9-6-5-8-10(12)2/h5-6,8-9,11,13H,4,7H2,1-3H3/t11-/m1/s1. The Morgan fingerprint density at radius 1 is 1.31 bits per heavy atom. The monoisotopic (exact) mass is 177 g/mol. The van der Waals surface area contributed by atoms with Crippen molar-refractivity contribution < 1.29 is 0 Å². The molecule has 1 nitrogen and oxygen atoms in total. The number of rotatable bonds is 4. The lowest BCUT2D eigenvalue weighted by molar-refractivity contribution is 0.690. The molecule has 0 fully saturated rings. The van der Waals surface area contributed by atoms with Gasteiger partial charge in [0.15, 0.2) is 0 Å². The Morgan fingerprint density at radius 3 is 2.62 bits per heavy atom. The van der Waals surface area contributed by atoms with Gasteiger partial charge in [-0.25, -0.2) is 0 Å². The first-order chi connectivity index (χ1) is 6.24. The first kappa shape index (κ1) is 10.1. The first-order valence-corrected chi connectivity index (χ1v) is 5.06. The van der Waals surface area contributed by atoms with E-state index in [-0.39, 0.29) is 0 Å². The predicted octanol–water partition coefficient (Wildman–Crippen LogP) is 3.60. The molecule has 0 aliphatic carbocycles. The van der Waals surface area contributed by atoms with Gasteiger partial charge in [-0.05, 0) is 31.9 Å². The van der Waals surface area contributed by atoms with Gasteiger partial charge in [0.25, 0.3) is 0 Å². The zero-order valence-electron chi connectivity index (χ0n) is 8.80. The largest absolute Gasteiger partial charge is 0.382 e. The number of benzene rings is 1. The third-order valence-corrected chi connectivity index (χ3v) is 2.27. The molecule has 0 unspecified atom stereocenters. The van der Waals surface area contributed by atoms with Gasteiger partial charge >= 0.3 is 0 Å². The molecule has 1 atom stereocenters. The van der Waals surface area contributed by atoms with E-state index in [1.807, 2.05) is 0 Å². The molecule has 1 N–H and O–H groups in total. The summed E-state index contributed by atoms with van der Waals surface area (Å²) in [5.41, 5.74) is 2.59. The van der Waals surface area contributed by atoms with Crippen LogP contribution in [0.25, 0.3) is 0 Å². The number of anilines is 1. The van der Waals surface area contributed by atoms with Crippen molar-refractivity contribution in [2.24, 2.45) is 0 Å². The maximum Gasteiger partial charge on any atom is 0.0371 e. The molecule has 0 bridgehead atoms. The van der Waals surface area contributed by atoms with Gasteiger partial charge in [0, 0.05) is 11.7 Å². The summed E-state index contributed by atoms with van der Waals surface area (Å²) in [6.45, 7) is 6.59. The minimum absolute atomic E-state index is 0.575. The number of nitrogens with one attached hydrogen (secondary N) is 1. The molecule has 0 spiro atoms. The normalized spacial score (nSPS) is 12.5. The van der Waals surface area contributed by atoms with E-state index in [1.165, 1.54) is 24.1 Å². The zero-order chi connectivity index (χ0) is 9.68. The quantitative estimate of drug-likeness (QED) is 0.741. The van der Waals surface area contributed by atoms with Crippen LogP contribution in [-0.4, -0.2) is 6.04 Å². The minimum Gasteiger partial charge on any atom is -0.382 e. The fraction of sp³-hybridized carbons (Fsp3) is 0.500. The van der Waals surface area contributed by atoms with Crippen LogP contribution in [0.4, 0.5) is 5.69 Å². The van der Waals surface area contributed by atoms with Crippen LogP contribution in [0.3, 0.4) is 0 Å². The summed E-state index contributed by atoms with van der Waals surface area (Å²) < 4.78 is 0. The van der Waals surface area contributed by atoms with E-state index in [2.05, 4.69) is 50.4 Å². The minimum atomic E-state index is 0.575. The van der Waals surface area contributed by atoms with Crippen molar-refractivity contribution >= 4 is 5.69 Å². The lowest BCUT2D eigenvalue weighted by Gasteiger charge is -2.15. The van der Waals surface area contributed by atoms with E-state index in [0.29, 0.717) is 6.04 Å². The lowest BCUT2D eigenvalue weighted by Crippen LogP contribution is -2.14. The van der Waals surface area contributed by atoms with Crippen LogP contribution in [0.1, 0.15) is 32.3 Å². The maximum atomic E-state index is 3.51. The van der Waals surface area contributed by atoms with Gasteiger partial charge in [0.05, 0.1) is 0 Å². The molecule has 1 heteroatoms. The van der Waals surface area contributed by atoms with Crippen LogP contribution in [0, 0.1) is 6.92 Å². The average molecular weight is 177 g/mol. The van der Waals surface area contributed by atoms with Gasteiger partial charge in [-0.15, -0.1) is 0 Å². The summed E-state index contributed by atoms with van der Waals surface area (Å²) in [6.07, 6.45) is 2.47. The molecule has 0 aromatic heterocycles. The van der Waals surface area contributed by atoms with E-state index < -0.39 is 0 Å². The molecule has 0 saturated heterocycles. The molecule has 1 aromatic rings. The highest BCUT2D eigenvalue weighted by atomic mass is 14.9. The third-order valence-electron chi connectivity index (χ3n) is 2.27. The summed E-state index contributed by atoms with van der Waals surface area (Å²) in [4.78, 5) is 0. The summed E-state index contributed by atoms with van der Waals surface area (Å²) in [6, 6.07) is 9.01. The molecule has 0 heterocycles. The summed E-state index contributed by atoms with van der Waals surface area (Å²) in [5, 5.41) is 3.51. The summed E-state index contributed by atoms with van der Waals surface area (Å²) in [5.74, 6) is 0. The third kappa shape index (κ3) is 3.10. The smallest absolute Gasteiger partial charge is 0.0371 e. The molecular weight excluding hydrogens is 158 g/mol. The highest BCUT2D eigenvalue weighted by molar-refractivity contribution is 5.50. The molecule has 13 heavy (non-hydrogen) atoms. The van der Waals surface area contributed by atoms with Crippen LogP contribution in [0.2, 0.25) is 0 Å². The molecule has 0 amide bonds. The van der Waals surface area contributed by atoms with Gasteiger partial charge in [-0.3, -0.25) is 0 Å². The van der Waals surface area contributed by atoms with Gasteiger partial charge in [0.1, 0.15) is 0 Å². The van der Waals surface area contributed by atoms with Crippen molar-refractivity contribution in [1.29, 1.82) is 0 Å². The van der Waals surface area contributed by atoms with Crippen LogP contribution in [-0.2, 0) is 0 Å². The fourth-order valence-corrected chi connectivity index (χ4v) is 1.51. The second-order valence-corrected chi connectivity index (χ2v) is 3.65. The highest BCUT2D eigenvalue weighted by Gasteiger charge is 2.01. The van der Waals surface area contributed by atoms with Gasteiger partial charge in [-0.2, -0.15) is 0 Å². The number of aryl methyl sites for hydroxylation is 1. The van der Waals surface area contributed by atoms with E-state index in [1.54, 1.807) is 0 Å². The molecule has 0 aliphatic rings. The SMILES string of the molecule is CCC[C@@H](C)Nc1ccccc1C. The fourth-order valence-electron chi connectivity index (χ4n) is 1.51. The number of hydrogen-bond donors (Lipinski definition) is 1. The van der Waals surface area contributed by atoms with E-state index in [4.69, 9.17) is 0 Å². The van der Waals surface area contributed by atoms with Crippen LogP contribution in [0.15, 0.2) is 24.3 Å². The molecule has 72 valence electrons. The maximum absolute atomic E-state index is 3.51. The molecule has 1 rings (SSSR count). The predicted molar refractivity (Wildman–Crippen MR) is 59.2 cm³/mol. The summed E-state index contributed by atoms with van der Waals surface area (Å²) in [7, 11) is 0. The highest BCUT2D eigenvalue weighted by Crippen LogP contribution is 2.15. The number of hydrogen-bond acceptors (Lipinski definition) is 1. The lowest BCUT2D eigenvalue weighted by atomic mass is 10.1. The Hall–Kier alpha value is -0.980. The van der Waals surface area contributed by atoms with E-state index in [0.717, 1.165) is 0 Å². The second kappa shape index (κ2) is 4.90. The van der Waals surface area contributed by atoms with Gasteiger partial charge in [-0.1, -0.05) is 31.5 Å². The van der Waals surface area contributed by atoms with Crippen molar-refractivity contribution in [3.8, 4) is 0 Å². The first-order valence-electron chi connectivity index (χ1n) is 5.06. The van der Waals surface area contributed by atoms with Gasteiger partial charge < -0.3 is 5.32 Å². The van der Waals surface area contributed by atoms with Crippen molar-refractivity contribution in [2.75, 3.05) is 5.32 Å². The van der Waals surface area contributed by atoms with Gasteiger partial charge in [0.2, 0.25) is 0 Å². The Kier molecular flexibility index (Phi) is 3.81. The van der Waals surface area contributed by atoms with Crippen molar-refractivity contribution in [3.05, 3.63) is 29.8 Å². The Morgan fingerprint density at radius 2 is 2.00 bits per heavy atom. The molecule has 0 saturated carbocycles. The van der Waals surface area contributed by atoms with E-state index >= 15 is 0 Å². The Labute approximate surface area is 81.2 Å². The van der Waals surface area contributed by atoms with Crippen LogP contribution < -0.4 is 5.32 Å². The molecule has 0 radical (unpaired) electrons.